The van der Waals surface area contributed by atoms with Crippen LogP contribution in [-0.4, -0.2) is 19.1 Å². The first-order chi connectivity index (χ1) is 18.9. The fraction of sp³-hybridized carbons (Fsp3) is 0. The van der Waals surface area contributed by atoms with E-state index in [1.54, 1.807) is 0 Å². The Morgan fingerprint density at radius 2 is 0.868 bits per heavy atom. The molecule has 8 aromatic rings. The molecule has 4 heteroatoms. The van der Waals surface area contributed by atoms with E-state index in [4.69, 9.17) is 9.97 Å². The summed E-state index contributed by atoms with van der Waals surface area (Å²) in [5.74, 6) is 0. The Bertz CT molecular complexity index is 1900. The summed E-state index contributed by atoms with van der Waals surface area (Å²) in [6, 6.07) is 42.8. The first-order valence-corrected chi connectivity index (χ1v) is 12.8. The Hall–Kier alpha value is -5.22. The molecule has 0 N–H and O–H groups in total. The molecule has 0 aliphatic heterocycles. The molecule has 8 rings (SSSR count). The molecule has 0 aliphatic carbocycles. The number of hydrogen-bond acceptors (Lipinski definition) is 2. The fourth-order valence-corrected chi connectivity index (χ4v) is 5.77. The first kappa shape index (κ1) is 20.9. The third-order valence-electron chi connectivity index (χ3n) is 7.38. The number of nitrogens with zero attached hydrogens (tertiary/aromatic N) is 4. The van der Waals surface area contributed by atoms with Crippen molar-refractivity contribution in [1.29, 1.82) is 0 Å². The van der Waals surface area contributed by atoms with Crippen molar-refractivity contribution in [2.24, 2.45) is 0 Å². The Morgan fingerprint density at radius 3 is 1.42 bits per heavy atom. The third-order valence-corrected chi connectivity index (χ3v) is 7.38. The van der Waals surface area contributed by atoms with Crippen LogP contribution < -0.4 is 0 Å². The molecule has 178 valence electrons. The van der Waals surface area contributed by atoms with E-state index in [-0.39, 0.29) is 0 Å². The predicted octanol–water partition coefficient (Wildman–Crippen LogP) is 8.34. The Kier molecular flexibility index (Phi) is 4.49. The Balaban J connectivity index is 1.51. The lowest BCUT2D eigenvalue weighted by molar-refractivity contribution is 1.13. The molecule has 0 fully saturated rings. The van der Waals surface area contributed by atoms with Crippen LogP contribution in [0.5, 0.6) is 0 Å². The van der Waals surface area contributed by atoms with Gasteiger partial charge in [0, 0.05) is 34.5 Å². The summed E-state index contributed by atoms with van der Waals surface area (Å²) >= 11 is 0. The van der Waals surface area contributed by atoms with Gasteiger partial charge in [0.2, 0.25) is 0 Å². The van der Waals surface area contributed by atoms with Crippen LogP contribution in [0, 0.1) is 0 Å². The zero-order valence-corrected chi connectivity index (χ0v) is 20.5. The lowest BCUT2D eigenvalue weighted by atomic mass is 10.0. The molecule has 4 aromatic carbocycles. The van der Waals surface area contributed by atoms with Gasteiger partial charge in [-0.15, -0.1) is 0 Å². The van der Waals surface area contributed by atoms with Crippen LogP contribution >= 0.6 is 0 Å². The van der Waals surface area contributed by atoms with E-state index >= 15 is 0 Å². The van der Waals surface area contributed by atoms with E-state index in [1.807, 2.05) is 24.5 Å². The molecular weight excluding hydrogens is 464 g/mol. The van der Waals surface area contributed by atoms with Gasteiger partial charge in [-0.05, 0) is 65.7 Å². The van der Waals surface area contributed by atoms with Gasteiger partial charge in [0.25, 0.3) is 0 Å². The fourth-order valence-electron chi connectivity index (χ4n) is 5.77. The van der Waals surface area contributed by atoms with Gasteiger partial charge in [-0.2, -0.15) is 0 Å². The molecule has 0 aliphatic rings. The monoisotopic (exact) mass is 486 g/mol. The lowest BCUT2D eigenvalue weighted by Crippen LogP contribution is -2.00. The molecule has 0 saturated heterocycles. The maximum Gasteiger partial charge on any atom is 0.0963 e. The normalized spacial score (nSPS) is 11.7. The molecule has 0 radical (unpaired) electrons. The molecule has 4 heterocycles. The number of rotatable bonds is 3. The van der Waals surface area contributed by atoms with E-state index in [9.17, 15) is 0 Å². The van der Waals surface area contributed by atoms with Crippen molar-refractivity contribution in [3.63, 3.8) is 0 Å². The van der Waals surface area contributed by atoms with Gasteiger partial charge in [-0.1, -0.05) is 66.7 Å². The highest BCUT2D eigenvalue weighted by molar-refractivity contribution is 6.08. The van der Waals surface area contributed by atoms with Gasteiger partial charge >= 0.3 is 0 Å². The van der Waals surface area contributed by atoms with Crippen LogP contribution in [0.15, 0.2) is 134 Å². The predicted molar refractivity (Wildman–Crippen MR) is 156 cm³/mol. The number of benzene rings is 4. The molecule has 4 nitrogen and oxygen atoms in total. The van der Waals surface area contributed by atoms with E-state index in [0.29, 0.717) is 0 Å². The summed E-state index contributed by atoms with van der Waals surface area (Å²) in [6.07, 6.45) is 3.74. The zero-order chi connectivity index (χ0) is 25.1. The van der Waals surface area contributed by atoms with Crippen LogP contribution in [0.1, 0.15) is 0 Å². The molecule has 0 bridgehead atoms. The molecule has 0 amide bonds. The maximum atomic E-state index is 4.76. The standard InChI is InChI=1S/C34H22N4/c1-2-10-23(11-3-1)24-20-25(37-29-14-6-4-12-27(29)33-31(37)16-8-18-35-33)22-26(21-24)38-30-15-7-5-13-28(30)34-32(38)17-9-19-36-34/h1-22H. The van der Waals surface area contributed by atoms with Gasteiger partial charge in [0.1, 0.15) is 0 Å². The average Bonchev–Trinajstić information content (AvgIpc) is 3.51. The van der Waals surface area contributed by atoms with Crippen LogP contribution in [0.2, 0.25) is 0 Å². The first-order valence-electron chi connectivity index (χ1n) is 12.8. The maximum absolute atomic E-state index is 4.76. The van der Waals surface area contributed by atoms with Gasteiger partial charge in [0.05, 0.1) is 33.1 Å². The highest BCUT2D eigenvalue weighted by atomic mass is 15.0. The second-order valence-electron chi connectivity index (χ2n) is 9.55. The number of pyridine rings is 2. The van der Waals surface area contributed by atoms with Crippen molar-refractivity contribution < 1.29 is 0 Å². The second kappa shape index (κ2) is 8.15. The minimum absolute atomic E-state index is 1.01. The van der Waals surface area contributed by atoms with Crippen molar-refractivity contribution >= 4 is 43.9 Å². The van der Waals surface area contributed by atoms with Gasteiger partial charge in [-0.25, -0.2) is 0 Å². The summed E-state index contributed by atoms with van der Waals surface area (Å²) in [4.78, 5) is 9.51. The number of aromatic nitrogens is 4. The van der Waals surface area contributed by atoms with Crippen molar-refractivity contribution in [2.45, 2.75) is 0 Å². The van der Waals surface area contributed by atoms with Gasteiger partial charge in [-0.3, -0.25) is 9.97 Å². The third kappa shape index (κ3) is 3.04. The summed E-state index contributed by atoms with van der Waals surface area (Å²) in [5, 5.41) is 2.30. The minimum Gasteiger partial charge on any atom is -0.308 e. The number of para-hydroxylation sites is 2. The van der Waals surface area contributed by atoms with E-state index in [1.165, 1.54) is 5.56 Å². The largest absolute Gasteiger partial charge is 0.308 e. The molecule has 0 atom stereocenters. The highest BCUT2D eigenvalue weighted by Gasteiger charge is 2.17. The minimum atomic E-state index is 1.01. The Morgan fingerprint density at radius 1 is 0.395 bits per heavy atom. The van der Waals surface area contributed by atoms with Crippen LogP contribution in [0.4, 0.5) is 0 Å². The molecular formula is C34H22N4. The molecule has 4 aromatic heterocycles. The Labute approximate surface area is 219 Å². The van der Waals surface area contributed by atoms with Crippen molar-refractivity contribution in [3.8, 4) is 22.5 Å². The van der Waals surface area contributed by atoms with E-state index in [0.717, 1.165) is 60.8 Å². The SMILES string of the molecule is c1ccc(-c2cc(-n3c4ccccc4c4ncccc43)cc(-n3c4ccccc4c4ncccc43)c2)cc1. The van der Waals surface area contributed by atoms with E-state index < -0.39 is 0 Å². The number of hydrogen-bond donors (Lipinski definition) is 0. The summed E-state index contributed by atoms with van der Waals surface area (Å²) in [6.45, 7) is 0. The van der Waals surface area contributed by atoms with Crippen molar-refractivity contribution in [2.75, 3.05) is 0 Å². The molecule has 0 spiro atoms. The van der Waals surface area contributed by atoms with Crippen LogP contribution in [0.25, 0.3) is 66.4 Å². The molecule has 0 saturated carbocycles. The lowest BCUT2D eigenvalue weighted by Gasteiger charge is -2.15. The molecule has 0 unspecified atom stereocenters. The van der Waals surface area contributed by atoms with Gasteiger partial charge in [0.15, 0.2) is 0 Å². The van der Waals surface area contributed by atoms with Gasteiger partial charge < -0.3 is 9.13 Å². The van der Waals surface area contributed by atoms with Crippen LogP contribution in [0.3, 0.4) is 0 Å². The summed E-state index contributed by atoms with van der Waals surface area (Å²) in [5.41, 5.74) is 11.0. The smallest absolute Gasteiger partial charge is 0.0963 e. The van der Waals surface area contributed by atoms with Crippen LogP contribution in [-0.2, 0) is 0 Å². The van der Waals surface area contributed by atoms with Crippen molar-refractivity contribution in [1.82, 2.24) is 19.1 Å². The van der Waals surface area contributed by atoms with E-state index in [2.05, 4.69) is 118 Å². The topological polar surface area (TPSA) is 35.6 Å². The average molecular weight is 487 g/mol. The number of fused-ring (bicyclic) bond motifs is 6. The second-order valence-corrected chi connectivity index (χ2v) is 9.55. The quantitative estimate of drug-likeness (QED) is 0.252. The summed E-state index contributed by atoms with van der Waals surface area (Å²) in [7, 11) is 0. The molecule has 38 heavy (non-hydrogen) atoms. The zero-order valence-electron chi connectivity index (χ0n) is 20.5. The summed E-state index contributed by atoms with van der Waals surface area (Å²) < 4.78 is 4.67. The van der Waals surface area contributed by atoms with Crippen molar-refractivity contribution in [3.05, 3.63) is 134 Å². The highest BCUT2D eigenvalue weighted by Crippen LogP contribution is 2.36.